The molecule has 2 saturated heterocycles. The van der Waals surface area contributed by atoms with Crippen LogP contribution in [0.4, 0.5) is 5.82 Å². The highest BCUT2D eigenvalue weighted by Gasteiger charge is 2.37. The Labute approximate surface area is 243 Å². The van der Waals surface area contributed by atoms with Crippen molar-refractivity contribution in [2.75, 3.05) is 38.2 Å². The molecule has 2 aromatic heterocycles. The molecule has 2 aliphatic rings. The first kappa shape index (κ1) is 29.2. The van der Waals surface area contributed by atoms with Crippen molar-refractivity contribution in [1.82, 2.24) is 24.3 Å². The van der Waals surface area contributed by atoms with Crippen LogP contribution in [0.2, 0.25) is 0 Å². The van der Waals surface area contributed by atoms with Gasteiger partial charge in [-0.2, -0.15) is 10.2 Å². The Morgan fingerprint density at radius 3 is 2.37 bits per heavy atom. The number of hydrogen-bond donors (Lipinski definition) is 0. The highest BCUT2D eigenvalue weighted by molar-refractivity contribution is 5.86. The molecule has 0 saturated carbocycles. The molecule has 0 amide bonds. The van der Waals surface area contributed by atoms with Crippen LogP contribution in [-0.4, -0.2) is 75.8 Å². The highest BCUT2D eigenvalue weighted by atomic mass is 16.5. The van der Waals surface area contributed by atoms with Gasteiger partial charge in [0, 0.05) is 65.0 Å². The molecule has 9 heteroatoms. The zero-order valence-corrected chi connectivity index (χ0v) is 25.1. The van der Waals surface area contributed by atoms with Crippen LogP contribution in [0.15, 0.2) is 41.2 Å². The molecule has 9 nitrogen and oxygen atoms in total. The number of pyridine rings is 1. The van der Waals surface area contributed by atoms with E-state index in [2.05, 4.69) is 75.8 Å². The molecule has 0 spiro atoms. The molecule has 2 unspecified atom stereocenters. The number of methoxy groups -OCH3 is 1. The van der Waals surface area contributed by atoms with Crippen molar-refractivity contribution in [3.63, 3.8) is 0 Å². The van der Waals surface area contributed by atoms with Crippen LogP contribution in [0.1, 0.15) is 69.3 Å². The van der Waals surface area contributed by atoms with E-state index in [0.29, 0.717) is 28.6 Å². The van der Waals surface area contributed by atoms with E-state index in [4.69, 9.17) is 4.74 Å². The number of aryl methyl sites for hydroxylation is 1. The lowest BCUT2D eigenvalue weighted by Gasteiger charge is -2.49. The second-order valence-corrected chi connectivity index (χ2v) is 11.6. The van der Waals surface area contributed by atoms with Gasteiger partial charge in [0.05, 0.1) is 11.6 Å². The zero-order valence-electron chi connectivity index (χ0n) is 25.1. The summed E-state index contributed by atoms with van der Waals surface area (Å²) in [5, 5.41) is 9.49. The van der Waals surface area contributed by atoms with Gasteiger partial charge in [-0.05, 0) is 55.9 Å². The van der Waals surface area contributed by atoms with Gasteiger partial charge in [0.2, 0.25) is 0 Å². The summed E-state index contributed by atoms with van der Waals surface area (Å²) < 4.78 is 7.03. The second-order valence-electron chi connectivity index (χ2n) is 11.6. The summed E-state index contributed by atoms with van der Waals surface area (Å²) in [4.78, 5) is 29.4. The Balaban J connectivity index is 1.35. The number of hydrogen-bond acceptors (Lipinski definition) is 8. The van der Waals surface area contributed by atoms with Crippen LogP contribution >= 0.6 is 0 Å². The highest BCUT2D eigenvalue weighted by Crippen LogP contribution is 2.33. The molecule has 3 aromatic rings. The van der Waals surface area contributed by atoms with E-state index in [1.54, 1.807) is 19.2 Å². The van der Waals surface area contributed by atoms with E-state index in [-0.39, 0.29) is 23.8 Å². The van der Waals surface area contributed by atoms with Crippen LogP contribution in [-0.2, 0) is 18.3 Å². The van der Waals surface area contributed by atoms with E-state index in [0.717, 1.165) is 58.4 Å². The summed E-state index contributed by atoms with van der Waals surface area (Å²) >= 11 is 0. The molecule has 41 heavy (non-hydrogen) atoms. The number of benzene rings is 1. The van der Waals surface area contributed by atoms with E-state index >= 15 is 0 Å². The minimum atomic E-state index is -0.305. The van der Waals surface area contributed by atoms with E-state index < -0.39 is 0 Å². The van der Waals surface area contributed by atoms with E-state index in [1.165, 1.54) is 15.7 Å². The Kier molecular flexibility index (Phi) is 9.03. The maximum atomic E-state index is 12.8. The molecule has 4 heterocycles. The number of aromatic nitrogens is 3. The molecule has 3 atom stereocenters. The summed E-state index contributed by atoms with van der Waals surface area (Å²) in [6.07, 6.45) is 4.50. The van der Waals surface area contributed by atoms with Gasteiger partial charge in [-0.1, -0.05) is 38.1 Å². The van der Waals surface area contributed by atoms with Crippen molar-refractivity contribution in [2.45, 2.75) is 77.2 Å². The fourth-order valence-corrected chi connectivity index (χ4v) is 6.54. The normalized spacial score (nSPS) is 21.7. The Morgan fingerprint density at radius 2 is 1.73 bits per heavy atom. The standard InChI is InChI=1S/C32H43N7O2/c1-6-26-21-39(31-30-29(36(4)32(40)35-31)13-12-25(18-33)34-30)27(7-2)20-38(26)22(3)24-10-8-23(9-11-24)19-37-16-14-28(41-5)15-17-37/h8-13,22,26-28H,6-7,14-17,19-21H2,1-5H3/t22?,26?,27-/m0/s1. The molecule has 2 fully saturated rings. The first-order valence-electron chi connectivity index (χ1n) is 15.0. The maximum Gasteiger partial charge on any atom is 0.349 e. The summed E-state index contributed by atoms with van der Waals surface area (Å²) in [7, 11) is 3.52. The van der Waals surface area contributed by atoms with Gasteiger partial charge < -0.3 is 9.64 Å². The van der Waals surface area contributed by atoms with E-state index in [1.807, 2.05) is 7.11 Å². The summed E-state index contributed by atoms with van der Waals surface area (Å²) in [5.74, 6) is 0.594. The zero-order chi connectivity index (χ0) is 29.1. The molecule has 0 bridgehead atoms. The Morgan fingerprint density at radius 1 is 1.02 bits per heavy atom. The third kappa shape index (κ3) is 6.01. The maximum absolute atomic E-state index is 12.8. The van der Waals surface area contributed by atoms with Crippen LogP contribution in [0.5, 0.6) is 0 Å². The molecule has 0 N–H and O–H groups in total. The second kappa shape index (κ2) is 12.7. The number of anilines is 1. The molecular weight excluding hydrogens is 514 g/mol. The van der Waals surface area contributed by atoms with Crippen LogP contribution in [0.3, 0.4) is 0 Å². The summed E-state index contributed by atoms with van der Waals surface area (Å²) in [6, 6.07) is 15.5. The van der Waals surface area contributed by atoms with Crippen LogP contribution in [0, 0.1) is 11.3 Å². The first-order chi connectivity index (χ1) is 19.9. The van der Waals surface area contributed by atoms with Crippen molar-refractivity contribution < 1.29 is 4.74 Å². The number of nitriles is 1. The Bertz CT molecular complexity index is 1440. The van der Waals surface area contributed by atoms with Crippen molar-refractivity contribution in [1.29, 1.82) is 5.26 Å². The lowest BCUT2D eigenvalue weighted by Crippen LogP contribution is -2.59. The molecule has 5 rings (SSSR count). The average Bonchev–Trinajstić information content (AvgIpc) is 3.02. The third-order valence-corrected chi connectivity index (χ3v) is 9.24. The van der Waals surface area contributed by atoms with Crippen molar-refractivity contribution in [2.24, 2.45) is 7.05 Å². The monoisotopic (exact) mass is 557 g/mol. The van der Waals surface area contributed by atoms with E-state index in [9.17, 15) is 10.1 Å². The molecule has 1 aromatic carbocycles. The molecule has 218 valence electrons. The average molecular weight is 558 g/mol. The van der Waals surface area contributed by atoms with Gasteiger partial charge in [0.1, 0.15) is 17.3 Å². The molecule has 2 aliphatic heterocycles. The van der Waals surface area contributed by atoms with Crippen molar-refractivity contribution >= 4 is 16.9 Å². The van der Waals surface area contributed by atoms with Gasteiger partial charge in [0.25, 0.3) is 0 Å². The predicted molar refractivity (Wildman–Crippen MR) is 162 cm³/mol. The van der Waals surface area contributed by atoms with Gasteiger partial charge in [0.15, 0.2) is 5.82 Å². The van der Waals surface area contributed by atoms with Crippen molar-refractivity contribution in [3.8, 4) is 6.07 Å². The van der Waals surface area contributed by atoms with Gasteiger partial charge in [-0.25, -0.2) is 9.78 Å². The number of nitrogens with zero attached hydrogens (tertiary/aromatic N) is 7. The third-order valence-electron chi connectivity index (χ3n) is 9.24. The molecular formula is C32H43N7O2. The van der Waals surface area contributed by atoms with Gasteiger partial charge in [-0.15, -0.1) is 0 Å². The number of ether oxygens (including phenoxy) is 1. The predicted octanol–water partition coefficient (Wildman–Crippen LogP) is 4.25. The smallest absolute Gasteiger partial charge is 0.349 e. The quantitative estimate of drug-likeness (QED) is 0.406. The lowest BCUT2D eigenvalue weighted by atomic mass is 9.96. The summed E-state index contributed by atoms with van der Waals surface area (Å²) in [5.41, 5.74) is 4.01. The van der Waals surface area contributed by atoms with Crippen molar-refractivity contribution in [3.05, 3.63) is 63.7 Å². The topological polar surface area (TPSA) is 90.5 Å². The summed E-state index contributed by atoms with van der Waals surface area (Å²) in [6.45, 7) is 11.5. The first-order valence-corrected chi connectivity index (χ1v) is 15.0. The minimum Gasteiger partial charge on any atom is -0.381 e. The van der Waals surface area contributed by atoms with Gasteiger partial charge in [-0.3, -0.25) is 14.4 Å². The van der Waals surface area contributed by atoms with Gasteiger partial charge >= 0.3 is 5.69 Å². The number of piperidine rings is 1. The number of fused-ring (bicyclic) bond motifs is 1. The fraction of sp³-hybridized carbons (Fsp3) is 0.562. The number of rotatable bonds is 8. The number of piperazine rings is 1. The largest absolute Gasteiger partial charge is 0.381 e. The Hall–Kier alpha value is -3.32. The van der Waals surface area contributed by atoms with Crippen LogP contribution in [0.25, 0.3) is 11.0 Å². The molecule has 0 radical (unpaired) electrons. The SMILES string of the molecule is CCC1CN(c2nc(=O)n(C)c3ccc(C#N)nc23)[C@@H](CC)CN1C(C)c1ccc(CN2CCC(OC)CC2)cc1. The lowest BCUT2D eigenvalue weighted by molar-refractivity contribution is 0.0388. The fourth-order valence-electron chi connectivity index (χ4n) is 6.54. The van der Waals surface area contributed by atoms with Crippen LogP contribution < -0.4 is 10.6 Å². The molecule has 0 aliphatic carbocycles. The number of likely N-dealkylation sites (tertiary alicyclic amines) is 1. The minimum absolute atomic E-state index is 0.171.